The summed E-state index contributed by atoms with van der Waals surface area (Å²) in [5.41, 5.74) is -0.265. The number of aromatic amines is 1. The molecule has 1 fully saturated rings. The summed E-state index contributed by atoms with van der Waals surface area (Å²) in [5.74, 6) is -0.322. The van der Waals surface area contributed by atoms with E-state index >= 15 is 0 Å². The van der Waals surface area contributed by atoms with Crippen LogP contribution in [0.25, 0.3) is 0 Å². The van der Waals surface area contributed by atoms with Crippen molar-refractivity contribution in [1.82, 2.24) is 9.88 Å². The number of rotatable bonds is 1. The minimum Gasteiger partial charge on any atom is -0.389 e. The number of nitrogens with one attached hydrogen (secondary N) is 1. The summed E-state index contributed by atoms with van der Waals surface area (Å²) in [7, 11) is 0. The Morgan fingerprint density at radius 2 is 2.29 bits per heavy atom. The SMILES string of the molecule is O=C(c1ccc[nH]c1=O)N1CC(O)C1. The number of aliphatic hydroxyl groups is 1. The molecule has 0 atom stereocenters. The smallest absolute Gasteiger partial charge is 0.260 e. The summed E-state index contributed by atoms with van der Waals surface area (Å²) < 4.78 is 0. The number of aliphatic hydroxyl groups excluding tert-OH is 1. The standard InChI is InChI=1S/C9H10N2O3/c12-6-4-11(5-6)9(14)7-2-1-3-10-8(7)13/h1-3,6,12H,4-5H2,(H,10,13). The fourth-order valence-electron chi connectivity index (χ4n) is 1.38. The molecular weight excluding hydrogens is 184 g/mol. The molecule has 5 heteroatoms. The number of amides is 1. The molecule has 1 amide bonds. The second kappa shape index (κ2) is 3.26. The van der Waals surface area contributed by atoms with Crippen LogP contribution < -0.4 is 5.56 Å². The Balaban J connectivity index is 2.20. The average molecular weight is 194 g/mol. The zero-order valence-corrected chi connectivity index (χ0v) is 7.43. The van der Waals surface area contributed by atoms with Gasteiger partial charge < -0.3 is 15.0 Å². The minimum atomic E-state index is -0.443. The van der Waals surface area contributed by atoms with Crippen molar-refractivity contribution in [1.29, 1.82) is 0 Å². The molecule has 14 heavy (non-hydrogen) atoms. The predicted molar refractivity (Wildman–Crippen MR) is 49.0 cm³/mol. The molecule has 1 aromatic heterocycles. The summed E-state index contributed by atoms with van der Waals surface area (Å²) in [5, 5.41) is 9.00. The number of carbonyl (C=O) groups excluding carboxylic acids is 1. The highest BCUT2D eigenvalue weighted by Gasteiger charge is 2.30. The van der Waals surface area contributed by atoms with Gasteiger partial charge in [0.05, 0.1) is 6.10 Å². The monoisotopic (exact) mass is 194 g/mol. The van der Waals surface area contributed by atoms with Gasteiger partial charge in [0, 0.05) is 19.3 Å². The molecule has 1 aliphatic rings. The van der Waals surface area contributed by atoms with E-state index in [-0.39, 0.29) is 17.0 Å². The summed E-state index contributed by atoms with van der Waals surface area (Å²) in [6, 6.07) is 3.08. The van der Waals surface area contributed by atoms with Gasteiger partial charge in [0.15, 0.2) is 0 Å². The van der Waals surface area contributed by atoms with E-state index in [1.807, 2.05) is 0 Å². The van der Waals surface area contributed by atoms with Crippen molar-refractivity contribution in [2.45, 2.75) is 6.10 Å². The maximum Gasteiger partial charge on any atom is 0.260 e. The van der Waals surface area contributed by atoms with Gasteiger partial charge in [-0.1, -0.05) is 0 Å². The highest BCUT2D eigenvalue weighted by molar-refractivity contribution is 5.94. The van der Waals surface area contributed by atoms with Gasteiger partial charge in [-0.25, -0.2) is 0 Å². The van der Waals surface area contributed by atoms with Gasteiger partial charge in [-0.15, -0.1) is 0 Å². The molecule has 2 rings (SSSR count). The van der Waals surface area contributed by atoms with E-state index in [2.05, 4.69) is 4.98 Å². The van der Waals surface area contributed by atoms with Crippen molar-refractivity contribution in [3.63, 3.8) is 0 Å². The molecule has 1 aliphatic heterocycles. The number of pyridine rings is 1. The van der Waals surface area contributed by atoms with E-state index in [4.69, 9.17) is 5.11 Å². The van der Waals surface area contributed by atoms with Crippen LogP contribution in [0.4, 0.5) is 0 Å². The Labute approximate surface area is 80.0 Å². The lowest BCUT2D eigenvalue weighted by Crippen LogP contribution is -2.54. The van der Waals surface area contributed by atoms with Crippen LogP contribution in [0.2, 0.25) is 0 Å². The number of carbonyl (C=O) groups is 1. The van der Waals surface area contributed by atoms with E-state index in [0.29, 0.717) is 13.1 Å². The van der Waals surface area contributed by atoms with Crippen molar-refractivity contribution in [2.75, 3.05) is 13.1 Å². The predicted octanol–water partition coefficient (Wildman–Crippen LogP) is -0.808. The lowest BCUT2D eigenvalue weighted by Gasteiger charge is -2.35. The molecule has 1 saturated heterocycles. The molecule has 74 valence electrons. The second-order valence-corrected chi connectivity index (χ2v) is 3.28. The first-order valence-corrected chi connectivity index (χ1v) is 4.33. The Kier molecular flexibility index (Phi) is 2.09. The number of likely N-dealkylation sites (tertiary alicyclic amines) is 1. The van der Waals surface area contributed by atoms with Crippen LogP contribution in [-0.2, 0) is 0 Å². The number of β-amino-alcohol motifs (C(OH)–C–C–N with tert-alkyl or cyclic N) is 1. The van der Waals surface area contributed by atoms with Crippen molar-refractivity contribution in [2.24, 2.45) is 0 Å². The summed E-state index contributed by atoms with van der Waals surface area (Å²) in [6.45, 7) is 0.625. The number of hydrogen-bond acceptors (Lipinski definition) is 3. The number of hydrogen-bond donors (Lipinski definition) is 2. The van der Waals surface area contributed by atoms with Gasteiger partial charge in [-0.3, -0.25) is 9.59 Å². The van der Waals surface area contributed by atoms with E-state index in [1.54, 1.807) is 6.07 Å². The van der Waals surface area contributed by atoms with Gasteiger partial charge in [-0.2, -0.15) is 0 Å². The lowest BCUT2D eigenvalue weighted by molar-refractivity contribution is 0.00577. The zero-order chi connectivity index (χ0) is 10.1. The maximum absolute atomic E-state index is 11.6. The Morgan fingerprint density at radius 1 is 1.57 bits per heavy atom. The van der Waals surface area contributed by atoms with E-state index in [0.717, 1.165) is 0 Å². The van der Waals surface area contributed by atoms with E-state index in [9.17, 15) is 9.59 Å². The minimum absolute atomic E-state index is 0.124. The largest absolute Gasteiger partial charge is 0.389 e. The number of nitrogens with zero attached hydrogens (tertiary/aromatic N) is 1. The van der Waals surface area contributed by atoms with Crippen LogP contribution in [0, 0.1) is 0 Å². The van der Waals surface area contributed by atoms with Gasteiger partial charge >= 0.3 is 0 Å². The Hall–Kier alpha value is -1.62. The lowest BCUT2D eigenvalue weighted by atomic mass is 10.1. The Bertz CT molecular complexity index is 407. The van der Waals surface area contributed by atoms with Crippen molar-refractivity contribution in [3.8, 4) is 0 Å². The van der Waals surface area contributed by atoms with Crippen LogP contribution >= 0.6 is 0 Å². The van der Waals surface area contributed by atoms with E-state index in [1.165, 1.54) is 17.2 Å². The first-order chi connectivity index (χ1) is 6.68. The third-order valence-electron chi connectivity index (χ3n) is 2.20. The van der Waals surface area contributed by atoms with Crippen LogP contribution in [0.15, 0.2) is 23.1 Å². The van der Waals surface area contributed by atoms with Crippen molar-refractivity contribution >= 4 is 5.91 Å². The highest BCUT2D eigenvalue weighted by Crippen LogP contribution is 2.10. The topological polar surface area (TPSA) is 73.4 Å². The van der Waals surface area contributed by atoms with Gasteiger partial charge in [0.25, 0.3) is 11.5 Å². The number of aromatic nitrogens is 1. The van der Waals surface area contributed by atoms with Gasteiger partial charge in [0.2, 0.25) is 0 Å². The quantitative estimate of drug-likeness (QED) is 0.614. The molecule has 0 saturated carbocycles. The molecule has 0 aromatic carbocycles. The first-order valence-electron chi connectivity index (χ1n) is 4.33. The molecule has 0 radical (unpaired) electrons. The van der Waals surface area contributed by atoms with Crippen LogP contribution in [0.1, 0.15) is 10.4 Å². The van der Waals surface area contributed by atoms with Gasteiger partial charge in [0.1, 0.15) is 5.56 Å². The Morgan fingerprint density at radius 3 is 2.86 bits per heavy atom. The van der Waals surface area contributed by atoms with Crippen molar-refractivity contribution < 1.29 is 9.90 Å². The number of H-pyrrole nitrogens is 1. The maximum atomic E-state index is 11.6. The molecule has 0 bridgehead atoms. The third kappa shape index (κ3) is 1.42. The van der Waals surface area contributed by atoms with Crippen LogP contribution in [0.3, 0.4) is 0 Å². The molecule has 0 spiro atoms. The third-order valence-corrected chi connectivity index (χ3v) is 2.20. The summed E-state index contributed by atoms with van der Waals surface area (Å²) >= 11 is 0. The van der Waals surface area contributed by atoms with Crippen LogP contribution in [-0.4, -0.2) is 40.1 Å². The molecule has 5 nitrogen and oxygen atoms in total. The highest BCUT2D eigenvalue weighted by atomic mass is 16.3. The van der Waals surface area contributed by atoms with Crippen molar-refractivity contribution in [3.05, 3.63) is 34.2 Å². The summed E-state index contributed by atoms with van der Waals surface area (Å²) in [6.07, 6.45) is 1.03. The molecule has 1 aromatic rings. The van der Waals surface area contributed by atoms with E-state index < -0.39 is 6.10 Å². The fourth-order valence-corrected chi connectivity index (χ4v) is 1.38. The molecule has 2 heterocycles. The first kappa shape index (κ1) is 8.96. The summed E-state index contributed by atoms with van der Waals surface area (Å²) in [4.78, 5) is 26.7. The normalized spacial score (nSPS) is 16.5. The van der Waals surface area contributed by atoms with Gasteiger partial charge in [-0.05, 0) is 12.1 Å². The molecular formula is C9H10N2O3. The fraction of sp³-hybridized carbons (Fsp3) is 0.333. The van der Waals surface area contributed by atoms with Crippen LogP contribution in [0.5, 0.6) is 0 Å². The molecule has 0 aliphatic carbocycles. The zero-order valence-electron chi connectivity index (χ0n) is 7.43. The molecule has 0 unspecified atom stereocenters. The second-order valence-electron chi connectivity index (χ2n) is 3.28. The molecule has 2 N–H and O–H groups in total. The average Bonchev–Trinajstić information content (AvgIpc) is 2.13.